The van der Waals surface area contributed by atoms with Gasteiger partial charge in [-0.3, -0.25) is 0 Å². The molecule has 0 aliphatic heterocycles. The van der Waals surface area contributed by atoms with Crippen molar-refractivity contribution < 1.29 is 0 Å². The van der Waals surface area contributed by atoms with Crippen LogP contribution in [0.3, 0.4) is 0 Å². The van der Waals surface area contributed by atoms with E-state index < -0.39 is 0 Å². The third-order valence-electron chi connectivity index (χ3n) is 3.45. The monoisotopic (exact) mass is 477 g/mol. The quantitative estimate of drug-likeness (QED) is 0.485. The van der Waals surface area contributed by atoms with E-state index in [1.165, 1.54) is 23.4 Å². The van der Waals surface area contributed by atoms with Crippen LogP contribution in [0.1, 0.15) is 41.6 Å². The zero-order valence-electron chi connectivity index (χ0n) is 12.5. The molecule has 0 radical (unpaired) electrons. The second kappa shape index (κ2) is 8.65. The Hall–Kier alpha value is 0.0900. The molecule has 0 fully saturated rings. The lowest BCUT2D eigenvalue weighted by Crippen LogP contribution is -2.24. The highest BCUT2D eigenvalue weighted by Crippen LogP contribution is 2.30. The summed E-state index contributed by atoms with van der Waals surface area (Å²) in [6.45, 7) is 5.49. The molecular formula is C17H21BrINS. The lowest BCUT2D eigenvalue weighted by molar-refractivity contribution is 0.530. The molecule has 1 nitrogen and oxygen atoms in total. The zero-order chi connectivity index (χ0) is 15.2. The van der Waals surface area contributed by atoms with Crippen molar-refractivity contribution in [3.8, 4) is 0 Å². The first-order valence-electron chi connectivity index (χ1n) is 7.40. The van der Waals surface area contributed by atoms with Crippen molar-refractivity contribution in [1.82, 2.24) is 5.32 Å². The van der Waals surface area contributed by atoms with Gasteiger partial charge in [-0.1, -0.05) is 29.8 Å². The Labute approximate surface area is 153 Å². The summed E-state index contributed by atoms with van der Waals surface area (Å²) >= 11 is 8.05. The number of aryl methyl sites for hydroxylation is 1. The molecule has 1 N–H and O–H groups in total. The maximum Gasteiger partial charge on any atom is 0.0380 e. The van der Waals surface area contributed by atoms with Crippen LogP contribution >= 0.6 is 49.9 Å². The lowest BCUT2D eigenvalue weighted by atomic mass is 10.0. The van der Waals surface area contributed by atoms with Gasteiger partial charge in [-0.15, -0.1) is 11.3 Å². The summed E-state index contributed by atoms with van der Waals surface area (Å²) in [5, 5.41) is 3.70. The van der Waals surface area contributed by atoms with Gasteiger partial charge in [-0.05, 0) is 77.9 Å². The van der Waals surface area contributed by atoms with Crippen LogP contribution in [-0.4, -0.2) is 6.54 Å². The van der Waals surface area contributed by atoms with Crippen molar-refractivity contribution in [2.75, 3.05) is 6.54 Å². The minimum atomic E-state index is 0.373. The van der Waals surface area contributed by atoms with E-state index >= 15 is 0 Å². The third kappa shape index (κ3) is 5.05. The van der Waals surface area contributed by atoms with Gasteiger partial charge in [0, 0.05) is 30.3 Å². The summed E-state index contributed by atoms with van der Waals surface area (Å²) in [6, 6.07) is 11.5. The van der Waals surface area contributed by atoms with Crippen LogP contribution < -0.4 is 5.32 Å². The Bertz CT molecular complexity index is 582. The van der Waals surface area contributed by atoms with Gasteiger partial charge in [-0.25, -0.2) is 0 Å². The topological polar surface area (TPSA) is 12.0 Å². The molecule has 1 atom stereocenters. The molecule has 0 aliphatic carbocycles. The second-order valence-electron chi connectivity index (χ2n) is 5.10. The Kier molecular flexibility index (Phi) is 7.19. The minimum Gasteiger partial charge on any atom is -0.310 e. The summed E-state index contributed by atoms with van der Waals surface area (Å²) < 4.78 is 2.48. The number of rotatable bonds is 7. The fraction of sp³-hybridized carbons (Fsp3) is 0.412. The number of halogens is 2. The highest BCUT2D eigenvalue weighted by molar-refractivity contribution is 14.1. The summed E-state index contributed by atoms with van der Waals surface area (Å²) in [6.07, 6.45) is 3.34. The molecule has 2 rings (SSSR count). The maximum atomic E-state index is 3.72. The van der Waals surface area contributed by atoms with Crippen LogP contribution in [0.25, 0.3) is 0 Å². The molecule has 1 aromatic carbocycles. The number of thiophene rings is 1. The van der Waals surface area contributed by atoms with Gasteiger partial charge in [0.2, 0.25) is 0 Å². The second-order valence-corrected chi connectivity index (χ2v) is 8.45. The van der Waals surface area contributed by atoms with E-state index in [0.717, 1.165) is 25.8 Å². The van der Waals surface area contributed by atoms with Crippen molar-refractivity contribution in [3.63, 3.8) is 0 Å². The number of hydrogen-bond acceptors (Lipinski definition) is 2. The predicted molar refractivity (Wildman–Crippen MR) is 105 cm³/mol. The van der Waals surface area contributed by atoms with Crippen LogP contribution in [0.15, 0.2) is 34.8 Å². The minimum absolute atomic E-state index is 0.373. The first-order valence-corrected chi connectivity index (χ1v) is 10.1. The van der Waals surface area contributed by atoms with Gasteiger partial charge < -0.3 is 5.32 Å². The molecule has 0 saturated heterocycles. The van der Waals surface area contributed by atoms with Gasteiger partial charge in [0.25, 0.3) is 0 Å². The molecule has 0 saturated carbocycles. The molecule has 2 aromatic rings. The molecule has 114 valence electrons. The number of hydrogen-bond donors (Lipinski definition) is 1. The van der Waals surface area contributed by atoms with Crippen LogP contribution in [0.4, 0.5) is 0 Å². The maximum absolute atomic E-state index is 3.72. The fourth-order valence-corrected chi connectivity index (χ4v) is 4.36. The van der Waals surface area contributed by atoms with Gasteiger partial charge in [0.15, 0.2) is 0 Å². The van der Waals surface area contributed by atoms with Crippen molar-refractivity contribution in [3.05, 3.63) is 53.7 Å². The van der Waals surface area contributed by atoms with Crippen molar-refractivity contribution >= 4 is 49.9 Å². The number of nitrogens with one attached hydrogen (secondary N) is 1. The van der Waals surface area contributed by atoms with E-state index in [1.54, 1.807) is 0 Å². The Balaban J connectivity index is 2.22. The van der Waals surface area contributed by atoms with E-state index in [-0.39, 0.29) is 0 Å². The van der Waals surface area contributed by atoms with Crippen LogP contribution in [0.5, 0.6) is 0 Å². The van der Waals surface area contributed by atoms with Crippen LogP contribution in [0.2, 0.25) is 0 Å². The first-order chi connectivity index (χ1) is 10.1. The van der Waals surface area contributed by atoms with E-state index in [1.807, 2.05) is 11.3 Å². The van der Waals surface area contributed by atoms with Gasteiger partial charge in [-0.2, -0.15) is 0 Å². The van der Waals surface area contributed by atoms with Gasteiger partial charge in [0.05, 0.1) is 0 Å². The molecule has 1 unspecified atom stereocenters. The largest absolute Gasteiger partial charge is 0.310 e. The molecule has 1 heterocycles. The summed E-state index contributed by atoms with van der Waals surface area (Å²) in [5.74, 6) is 0. The SMILES string of the molecule is CCCNC(Cc1ccc(CC)s1)c1cc(I)ccc1Br. The Morgan fingerprint density at radius 1 is 1.19 bits per heavy atom. The summed E-state index contributed by atoms with van der Waals surface area (Å²) in [7, 11) is 0. The highest BCUT2D eigenvalue weighted by Gasteiger charge is 2.16. The van der Waals surface area contributed by atoms with E-state index in [2.05, 4.69) is 88.0 Å². The number of benzene rings is 1. The molecule has 1 aromatic heterocycles. The zero-order valence-corrected chi connectivity index (χ0v) is 17.0. The highest BCUT2D eigenvalue weighted by atomic mass is 127. The lowest BCUT2D eigenvalue weighted by Gasteiger charge is -2.20. The fourth-order valence-electron chi connectivity index (χ4n) is 2.32. The summed E-state index contributed by atoms with van der Waals surface area (Å²) in [5.41, 5.74) is 1.36. The molecule has 0 spiro atoms. The van der Waals surface area contributed by atoms with Crippen LogP contribution in [0, 0.1) is 3.57 Å². The summed E-state index contributed by atoms with van der Waals surface area (Å²) in [4.78, 5) is 2.94. The molecule has 4 heteroatoms. The molecule has 0 amide bonds. The first kappa shape index (κ1) is 17.4. The van der Waals surface area contributed by atoms with E-state index in [9.17, 15) is 0 Å². The van der Waals surface area contributed by atoms with Gasteiger partial charge in [0.1, 0.15) is 0 Å². The van der Waals surface area contributed by atoms with Gasteiger partial charge >= 0.3 is 0 Å². The molecular weight excluding hydrogens is 457 g/mol. The standard InChI is InChI=1S/C17H21BrINS/c1-3-9-20-17(11-14-7-6-13(4-2)21-14)15-10-12(19)5-8-16(15)18/h5-8,10,17,20H,3-4,9,11H2,1-2H3. The normalized spacial score (nSPS) is 12.6. The Morgan fingerprint density at radius 2 is 1.95 bits per heavy atom. The third-order valence-corrected chi connectivity index (χ3v) is 6.09. The van der Waals surface area contributed by atoms with Crippen molar-refractivity contribution in [1.29, 1.82) is 0 Å². The van der Waals surface area contributed by atoms with Crippen molar-refractivity contribution in [2.24, 2.45) is 0 Å². The smallest absolute Gasteiger partial charge is 0.0380 e. The van der Waals surface area contributed by atoms with Crippen molar-refractivity contribution in [2.45, 2.75) is 39.2 Å². The van der Waals surface area contributed by atoms with E-state index in [4.69, 9.17) is 0 Å². The van der Waals surface area contributed by atoms with Crippen LogP contribution in [-0.2, 0) is 12.8 Å². The molecule has 0 bridgehead atoms. The molecule has 0 aliphatic rings. The average molecular weight is 478 g/mol. The Morgan fingerprint density at radius 3 is 2.62 bits per heavy atom. The molecule has 21 heavy (non-hydrogen) atoms. The average Bonchev–Trinajstić information content (AvgIpc) is 2.94. The predicted octanol–water partition coefficient (Wildman–Crippen LogP) is 5.96. The van der Waals surface area contributed by atoms with E-state index in [0.29, 0.717) is 6.04 Å².